The Hall–Kier alpha value is -5.28. The summed E-state index contributed by atoms with van der Waals surface area (Å²) in [5.74, 6) is -3.93. The van der Waals surface area contributed by atoms with Gasteiger partial charge < -0.3 is 59.6 Å². The van der Waals surface area contributed by atoms with Crippen LogP contribution in [0.1, 0.15) is 110 Å². The van der Waals surface area contributed by atoms with E-state index in [0.717, 1.165) is 11.1 Å². The topological polar surface area (TPSA) is 259 Å². The van der Waals surface area contributed by atoms with Crippen LogP contribution in [0.15, 0.2) is 54.6 Å². The number of amides is 3. The molecule has 2 heterocycles. The van der Waals surface area contributed by atoms with Crippen molar-refractivity contribution in [1.82, 2.24) is 16.0 Å². The number of methoxy groups -OCH3 is 2. The normalized spacial score (nSPS) is 21.6. The lowest BCUT2D eigenvalue weighted by Crippen LogP contribution is -2.51. The molecule has 434 valence electrons. The lowest BCUT2D eigenvalue weighted by molar-refractivity contribution is -0.179. The van der Waals surface area contributed by atoms with Gasteiger partial charge in [-0.3, -0.25) is 28.8 Å². The quantitative estimate of drug-likeness (QED) is 0.0397. The van der Waals surface area contributed by atoms with Crippen LogP contribution in [0.2, 0.25) is 5.02 Å². The molecule has 0 unspecified atom stereocenters. The Labute approximate surface area is 465 Å². The molecule has 4 rings (SSSR count). The van der Waals surface area contributed by atoms with Gasteiger partial charge in [0.15, 0.2) is 11.9 Å². The summed E-state index contributed by atoms with van der Waals surface area (Å²) in [4.78, 5) is 94.5. The Balaban J connectivity index is 1.39. The molecular weight excluding hydrogens is 1030 g/mol. The van der Waals surface area contributed by atoms with E-state index in [2.05, 4.69) is 16.0 Å². The lowest BCUT2D eigenvalue weighted by atomic mass is 9.86. The van der Waals surface area contributed by atoms with Gasteiger partial charge >= 0.3 is 11.9 Å². The molecular formula is C58H85ClN4O15. The standard InChI is InChI=1S/C58H85ClN4O15/c1-36(2)31-49-56(69)76-47(11-10-12-51(67)63-44(33-40-16-21-48(72-9)43(59)32-40)55(68)62-35-58(6,7)57(70)77-49)38(5)53-54(78-53)41-17-13-39(14-18-41)15-20-45(64)42(34-46(65)52(60)37(3)4)19-22-50(66)61-23-24-73-27-28-75-30-29-74-26-25-71-8/h10,12-14,16-18,21,32,36-38,42,44,47,49,52-54H,11,15,19-20,22-31,33-35,60H2,1-9H3,(H,61,66)(H,62,68)(H,63,67)/b12-10+/t38-,42+,44+,47-,49-,52-,53+,54+/m0/s1. The van der Waals surface area contributed by atoms with Gasteiger partial charge in [0, 0.05) is 64.1 Å². The minimum atomic E-state index is -1.27. The van der Waals surface area contributed by atoms with Crippen molar-refractivity contribution < 1.29 is 71.5 Å². The third kappa shape index (κ3) is 22.5. The summed E-state index contributed by atoms with van der Waals surface area (Å²) >= 11 is 6.39. The van der Waals surface area contributed by atoms with Gasteiger partial charge in [0.05, 0.1) is 75.9 Å². The Morgan fingerprint density at radius 3 is 2.13 bits per heavy atom. The number of carbonyl (C=O) groups excluding carboxylic acids is 7. The second-order valence-corrected chi connectivity index (χ2v) is 21.8. The summed E-state index contributed by atoms with van der Waals surface area (Å²) < 4.78 is 44.8. The number of hydrogen-bond acceptors (Lipinski definition) is 16. The van der Waals surface area contributed by atoms with E-state index in [4.69, 9.17) is 55.2 Å². The average molecular weight is 1110 g/mol. The maximum Gasteiger partial charge on any atom is 0.347 e. The van der Waals surface area contributed by atoms with Gasteiger partial charge in [0.25, 0.3) is 0 Å². The maximum atomic E-state index is 14.0. The van der Waals surface area contributed by atoms with E-state index >= 15 is 0 Å². The number of benzene rings is 2. The van der Waals surface area contributed by atoms with Gasteiger partial charge in [0.1, 0.15) is 29.8 Å². The summed E-state index contributed by atoms with van der Waals surface area (Å²) in [6.07, 6.45) is 1.19. The number of ether oxygens (including phenoxy) is 8. The summed E-state index contributed by atoms with van der Waals surface area (Å²) in [7, 11) is 3.10. The van der Waals surface area contributed by atoms with E-state index in [1.165, 1.54) is 13.2 Å². The maximum absolute atomic E-state index is 14.0. The van der Waals surface area contributed by atoms with Crippen molar-refractivity contribution in [3.05, 3.63) is 76.3 Å². The number of hydrogen-bond donors (Lipinski definition) is 4. The first-order valence-corrected chi connectivity index (χ1v) is 27.5. The molecule has 3 amide bonds. The molecule has 19 nitrogen and oxygen atoms in total. The molecule has 5 N–H and O–H groups in total. The first kappa shape index (κ1) is 65.2. The van der Waals surface area contributed by atoms with Crippen molar-refractivity contribution in [2.24, 2.45) is 34.8 Å². The van der Waals surface area contributed by atoms with Crippen LogP contribution in [0.3, 0.4) is 0 Å². The van der Waals surface area contributed by atoms with Crippen molar-refractivity contribution in [3.8, 4) is 5.75 Å². The third-order valence-electron chi connectivity index (χ3n) is 13.7. The molecule has 2 aromatic rings. The van der Waals surface area contributed by atoms with Crippen LogP contribution in [-0.4, -0.2) is 145 Å². The number of halogens is 1. The van der Waals surface area contributed by atoms with Gasteiger partial charge in [-0.05, 0) is 79.8 Å². The lowest BCUT2D eigenvalue weighted by Gasteiger charge is -2.29. The second-order valence-electron chi connectivity index (χ2n) is 21.4. The summed E-state index contributed by atoms with van der Waals surface area (Å²) in [5, 5.41) is 8.70. The molecule has 1 saturated heterocycles. The molecule has 1 fully saturated rings. The first-order chi connectivity index (χ1) is 37.1. The Morgan fingerprint density at radius 1 is 0.846 bits per heavy atom. The molecule has 8 atom stereocenters. The molecule has 0 spiro atoms. The van der Waals surface area contributed by atoms with Crippen molar-refractivity contribution in [2.45, 2.75) is 136 Å². The van der Waals surface area contributed by atoms with Crippen molar-refractivity contribution in [3.63, 3.8) is 0 Å². The molecule has 0 aliphatic carbocycles. The number of epoxide rings is 1. The smallest absolute Gasteiger partial charge is 0.347 e. The van der Waals surface area contributed by atoms with Crippen LogP contribution in [0.25, 0.3) is 0 Å². The largest absolute Gasteiger partial charge is 0.495 e. The number of nitrogens with two attached hydrogens (primary N) is 1. The molecule has 0 radical (unpaired) electrons. The predicted molar refractivity (Wildman–Crippen MR) is 292 cm³/mol. The molecule has 0 aromatic heterocycles. The van der Waals surface area contributed by atoms with E-state index in [1.54, 1.807) is 45.2 Å². The summed E-state index contributed by atoms with van der Waals surface area (Å²) in [6, 6.07) is 11.0. The SMILES string of the molecule is COCCOCCOCCOCCNC(=O)CC[C@H](CC(=O)[C@@H](N)C(C)C)C(=O)CCc1ccc([C@H]2O[C@@H]2[C@@H](C)[C@@H]2C/C=C/C(=O)N[C@H](Cc3ccc(OC)c(Cl)c3)C(=O)NCC(C)(C)C(=O)O[C@@H](CC(C)C)C(=O)O2)cc1. The van der Waals surface area contributed by atoms with Crippen LogP contribution >= 0.6 is 11.6 Å². The number of esters is 2. The zero-order valence-electron chi connectivity index (χ0n) is 47.1. The fourth-order valence-corrected chi connectivity index (χ4v) is 8.92. The molecule has 2 aliphatic heterocycles. The second kappa shape index (κ2) is 33.3. The number of aryl methyl sites for hydroxylation is 1. The third-order valence-corrected chi connectivity index (χ3v) is 14.0. The van der Waals surface area contributed by atoms with Crippen LogP contribution in [-0.2, 0) is 79.6 Å². The minimum Gasteiger partial charge on any atom is -0.495 e. The monoisotopic (exact) mass is 1110 g/mol. The fraction of sp³-hybridized carbons (Fsp3) is 0.638. The highest BCUT2D eigenvalue weighted by Crippen LogP contribution is 2.45. The number of rotatable bonds is 31. The number of nitrogens with one attached hydrogen (secondary N) is 3. The Morgan fingerprint density at radius 2 is 1.50 bits per heavy atom. The highest BCUT2D eigenvalue weighted by molar-refractivity contribution is 6.32. The van der Waals surface area contributed by atoms with Crippen LogP contribution in [0.4, 0.5) is 0 Å². The van der Waals surface area contributed by atoms with Gasteiger partial charge in [0.2, 0.25) is 17.7 Å². The average Bonchev–Trinajstić information content (AvgIpc) is 4.21. The Bertz CT molecular complexity index is 2290. The highest BCUT2D eigenvalue weighted by Gasteiger charge is 2.48. The zero-order valence-corrected chi connectivity index (χ0v) is 47.8. The number of cyclic esters (lactones) is 2. The predicted octanol–water partition coefficient (Wildman–Crippen LogP) is 5.78. The van der Waals surface area contributed by atoms with Crippen molar-refractivity contribution in [1.29, 1.82) is 0 Å². The molecule has 20 heteroatoms. The highest BCUT2D eigenvalue weighted by atomic mass is 35.5. The van der Waals surface area contributed by atoms with Gasteiger partial charge in [-0.1, -0.05) is 82.6 Å². The van der Waals surface area contributed by atoms with E-state index in [1.807, 2.05) is 58.9 Å². The fourth-order valence-electron chi connectivity index (χ4n) is 8.64. The van der Waals surface area contributed by atoms with Gasteiger partial charge in [-0.15, -0.1) is 0 Å². The molecule has 78 heavy (non-hydrogen) atoms. The number of ketones is 2. The summed E-state index contributed by atoms with van der Waals surface area (Å²) in [6.45, 7) is 15.7. The van der Waals surface area contributed by atoms with Gasteiger partial charge in [-0.25, -0.2) is 4.79 Å². The van der Waals surface area contributed by atoms with Crippen molar-refractivity contribution >= 4 is 52.8 Å². The van der Waals surface area contributed by atoms with E-state index in [9.17, 15) is 33.6 Å². The number of carbonyl (C=O) groups is 7. The van der Waals surface area contributed by atoms with E-state index in [-0.39, 0.29) is 106 Å². The molecule has 0 saturated carbocycles. The van der Waals surface area contributed by atoms with Crippen LogP contribution in [0.5, 0.6) is 5.75 Å². The van der Waals surface area contributed by atoms with Gasteiger partial charge in [-0.2, -0.15) is 0 Å². The Kier molecular flexibility index (Phi) is 27.9. The van der Waals surface area contributed by atoms with Crippen LogP contribution < -0.4 is 26.4 Å². The first-order valence-electron chi connectivity index (χ1n) is 27.2. The number of Topliss-reactive ketones (excluding diaryl/α,β-unsaturated/α-hetero) is 2. The van der Waals surface area contributed by atoms with Crippen LogP contribution in [0, 0.1) is 29.1 Å². The molecule has 2 aromatic carbocycles. The van der Waals surface area contributed by atoms with Crippen molar-refractivity contribution in [2.75, 3.05) is 73.6 Å². The van der Waals surface area contributed by atoms with E-state index < -0.39 is 65.3 Å². The zero-order chi connectivity index (χ0) is 57.4. The van der Waals surface area contributed by atoms with E-state index in [0.29, 0.717) is 62.4 Å². The summed E-state index contributed by atoms with van der Waals surface area (Å²) in [5.41, 5.74) is 7.32. The molecule has 0 bridgehead atoms. The molecule has 2 aliphatic rings. The minimum absolute atomic E-state index is 0.0504.